The van der Waals surface area contributed by atoms with Crippen LogP contribution in [0.25, 0.3) is 22.3 Å². The van der Waals surface area contributed by atoms with Gasteiger partial charge in [-0.3, -0.25) is 9.58 Å². The standard InChI is InChI=1S/C20H25N5O3/c1-20(2,3)27-19(26)24-11-6-9-16(24)18-22-17(23-28-18)14-7-5-8-15-13(14)10-12-25(15)21-4/h5,7-8,10,12,16,21H,6,9,11H2,1-4H3/t16-/m0/s1. The number of ether oxygens (including phenoxy) is 1. The molecule has 1 amide bonds. The number of hydrogen-bond donors (Lipinski definition) is 1. The summed E-state index contributed by atoms with van der Waals surface area (Å²) in [6.07, 6.45) is 3.27. The Morgan fingerprint density at radius 1 is 1.32 bits per heavy atom. The van der Waals surface area contributed by atoms with Crippen LogP contribution in [0.15, 0.2) is 35.0 Å². The number of carbonyl (C=O) groups excluding carboxylic acids is 1. The Balaban J connectivity index is 1.63. The molecule has 3 heterocycles. The summed E-state index contributed by atoms with van der Waals surface area (Å²) in [6.45, 7) is 6.20. The molecule has 1 aromatic carbocycles. The molecule has 1 atom stereocenters. The van der Waals surface area contributed by atoms with Crippen LogP contribution in [0.5, 0.6) is 0 Å². The van der Waals surface area contributed by atoms with E-state index in [1.807, 2.05) is 63.0 Å². The number of hydrogen-bond acceptors (Lipinski definition) is 6. The van der Waals surface area contributed by atoms with Crippen LogP contribution in [0.2, 0.25) is 0 Å². The highest BCUT2D eigenvalue weighted by Gasteiger charge is 2.36. The van der Waals surface area contributed by atoms with Gasteiger partial charge in [-0.2, -0.15) is 4.98 Å². The molecule has 1 saturated heterocycles. The van der Waals surface area contributed by atoms with E-state index in [-0.39, 0.29) is 12.1 Å². The smallest absolute Gasteiger partial charge is 0.410 e. The summed E-state index contributed by atoms with van der Waals surface area (Å²) in [4.78, 5) is 18.8. The summed E-state index contributed by atoms with van der Waals surface area (Å²) >= 11 is 0. The number of benzene rings is 1. The van der Waals surface area contributed by atoms with Crippen molar-refractivity contribution in [2.75, 3.05) is 19.0 Å². The van der Waals surface area contributed by atoms with Gasteiger partial charge in [0.1, 0.15) is 11.6 Å². The highest BCUT2D eigenvalue weighted by molar-refractivity contribution is 5.93. The van der Waals surface area contributed by atoms with Gasteiger partial charge < -0.3 is 14.7 Å². The summed E-state index contributed by atoms with van der Waals surface area (Å²) in [5.74, 6) is 0.967. The minimum Gasteiger partial charge on any atom is -0.444 e. The quantitative estimate of drug-likeness (QED) is 0.737. The Morgan fingerprint density at radius 3 is 2.89 bits per heavy atom. The molecule has 2 aromatic heterocycles. The van der Waals surface area contributed by atoms with Gasteiger partial charge in [0.2, 0.25) is 11.7 Å². The number of amides is 1. The monoisotopic (exact) mass is 383 g/mol. The fourth-order valence-electron chi connectivity index (χ4n) is 3.60. The van der Waals surface area contributed by atoms with E-state index >= 15 is 0 Å². The molecule has 0 unspecified atom stereocenters. The third-order valence-corrected chi connectivity index (χ3v) is 4.82. The van der Waals surface area contributed by atoms with Crippen LogP contribution in [0.4, 0.5) is 4.79 Å². The molecule has 1 fully saturated rings. The fourth-order valence-corrected chi connectivity index (χ4v) is 3.60. The zero-order valence-electron chi connectivity index (χ0n) is 16.6. The van der Waals surface area contributed by atoms with E-state index in [1.54, 1.807) is 4.90 Å². The number of carbonyl (C=O) groups is 1. The van der Waals surface area contributed by atoms with E-state index in [4.69, 9.17) is 9.26 Å². The van der Waals surface area contributed by atoms with Crippen LogP contribution in [0.3, 0.4) is 0 Å². The first kappa shape index (κ1) is 18.3. The van der Waals surface area contributed by atoms with Crippen molar-refractivity contribution in [3.05, 3.63) is 36.4 Å². The lowest BCUT2D eigenvalue weighted by atomic mass is 10.1. The van der Waals surface area contributed by atoms with Crippen molar-refractivity contribution < 1.29 is 14.1 Å². The summed E-state index contributed by atoms with van der Waals surface area (Å²) in [5.41, 5.74) is 4.49. The third-order valence-electron chi connectivity index (χ3n) is 4.82. The lowest BCUT2D eigenvalue weighted by molar-refractivity contribution is 0.0199. The average molecular weight is 383 g/mol. The minimum atomic E-state index is -0.541. The van der Waals surface area contributed by atoms with Gasteiger partial charge in [-0.05, 0) is 45.7 Å². The van der Waals surface area contributed by atoms with Gasteiger partial charge in [0.15, 0.2) is 0 Å². The second kappa shape index (κ2) is 6.85. The van der Waals surface area contributed by atoms with Crippen LogP contribution in [0.1, 0.15) is 45.5 Å². The zero-order valence-corrected chi connectivity index (χ0v) is 16.6. The molecule has 1 aliphatic rings. The van der Waals surface area contributed by atoms with Crippen LogP contribution in [0, 0.1) is 0 Å². The summed E-state index contributed by atoms with van der Waals surface area (Å²) in [7, 11) is 1.86. The molecule has 0 aliphatic carbocycles. The van der Waals surface area contributed by atoms with Crippen LogP contribution >= 0.6 is 0 Å². The lowest BCUT2D eigenvalue weighted by Crippen LogP contribution is -2.36. The van der Waals surface area contributed by atoms with Crippen molar-refractivity contribution in [3.63, 3.8) is 0 Å². The minimum absolute atomic E-state index is 0.253. The van der Waals surface area contributed by atoms with Crippen molar-refractivity contribution in [1.29, 1.82) is 0 Å². The SMILES string of the molecule is CNn1ccc2c(-c3noc([C@@H]4CCCN4C(=O)OC(C)(C)C)n3)cccc21. The molecule has 1 aliphatic heterocycles. The molecule has 0 bridgehead atoms. The van der Waals surface area contributed by atoms with Gasteiger partial charge in [0.25, 0.3) is 0 Å². The van der Waals surface area contributed by atoms with Crippen molar-refractivity contribution in [3.8, 4) is 11.4 Å². The van der Waals surface area contributed by atoms with Gasteiger partial charge in [-0.1, -0.05) is 17.3 Å². The molecular formula is C20H25N5O3. The van der Waals surface area contributed by atoms with E-state index in [2.05, 4.69) is 15.6 Å². The van der Waals surface area contributed by atoms with Crippen molar-refractivity contribution in [2.45, 2.75) is 45.3 Å². The van der Waals surface area contributed by atoms with Crippen LogP contribution < -0.4 is 5.43 Å². The third kappa shape index (κ3) is 3.30. The molecule has 0 saturated carbocycles. The van der Waals surface area contributed by atoms with Crippen molar-refractivity contribution >= 4 is 17.0 Å². The highest BCUT2D eigenvalue weighted by atomic mass is 16.6. The molecule has 0 radical (unpaired) electrons. The number of fused-ring (bicyclic) bond motifs is 1. The largest absolute Gasteiger partial charge is 0.444 e. The molecule has 8 nitrogen and oxygen atoms in total. The summed E-state index contributed by atoms with van der Waals surface area (Å²) in [5, 5.41) is 5.22. The second-order valence-electron chi connectivity index (χ2n) is 7.94. The van der Waals surface area contributed by atoms with Gasteiger partial charge in [0, 0.05) is 30.7 Å². The van der Waals surface area contributed by atoms with Gasteiger partial charge in [0.05, 0.1) is 5.52 Å². The molecule has 28 heavy (non-hydrogen) atoms. The summed E-state index contributed by atoms with van der Waals surface area (Å²) in [6, 6.07) is 7.72. The van der Waals surface area contributed by atoms with Gasteiger partial charge in [-0.25, -0.2) is 4.79 Å². The molecule has 3 aromatic rings. The topological polar surface area (TPSA) is 85.4 Å². The van der Waals surface area contributed by atoms with Crippen molar-refractivity contribution in [1.82, 2.24) is 19.7 Å². The van der Waals surface area contributed by atoms with E-state index in [9.17, 15) is 4.79 Å². The maximum absolute atomic E-state index is 12.5. The van der Waals surface area contributed by atoms with E-state index in [0.29, 0.717) is 18.3 Å². The fraction of sp³-hybridized carbons (Fsp3) is 0.450. The first-order valence-electron chi connectivity index (χ1n) is 9.49. The number of nitrogens with one attached hydrogen (secondary N) is 1. The number of aromatic nitrogens is 3. The van der Waals surface area contributed by atoms with Crippen LogP contribution in [-0.4, -0.2) is 45.0 Å². The Labute approximate surface area is 163 Å². The molecule has 0 spiro atoms. The number of rotatable bonds is 3. The second-order valence-corrected chi connectivity index (χ2v) is 7.94. The van der Waals surface area contributed by atoms with Gasteiger partial charge >= 0.3 is 6.09 Å². The van der Waals surface area contributed by atoms with Gasteiger partial charge in [-0.15, -0.1) is 0 Å². The predicted octanol–water partition coefficient (Wildman–Crippen LogP) is 3.94. The normalized spacial score (nSPS) is 17.3. The maximum Gasteiger partial charge on any atom is 0.410 e. The Morgan fingerprint density at radius 2 is 2.14 bits per heavy atom. The lowest BCUT2D eigenvalue weighted by Gasteiger charge is -2.26. The average Bonchev–Trinajstić information content (AvgIpc) is 3.37. The van der Waals surface area contributed by atoms with Crippen LogP contribution in [-0.2, 0) is 4.74 Å². The number of likely N-dealkylation sites (tertiary alicyclic amines) is 1. The molecule has 4 rings (SSSR count). The maximum atomic E-state index is 12.5. The number of nitrogens with zero attached hydrogens (tertiary/aromatic N) is 4. The Kier molecular flexibility index (Phi) is 4.49. The molecular weight excluding hydrogens is 358 g/mol. The highest BCUT2D eigenvalue weighted by Crippen LogP contribution is 2.34. The predicted molar refractivity (Wildman–Crippen MR) is 105 cm³/mol. The molecule has 8 heteroatoms. The van der Waals surface area contributed by atoms with E-state index in [0.717, 1.165) is 29.3 Å². The van der Waals surface area contributed by atoms with E-state index < -0.39 is 5.60 Å². The molecule has 148 valence electrons. The Bertz CT molecular complexity index is 1000. The zero-order chi connectivity index (χ0) is 19.9. The van der Waals surface area contributed by atoms with E-state index in [1.165, 1.54) is 0 Å². The first-order chi connectivity index (χ1) is 13.4. The first-order valence-corrected chi connectivity index (χ1v) is 9.49. The van der Waals surface area contributed by atoms with Crippen molar-refractivity contribution in [2.24, 2.45) is 0 Å². The Hall–Kier alpha value is -3.03. The molecule has 1 N–H and O–H groups in total. The summed E-state index contributed by atoms with van der Waals surface area (Å²) < 4.78 is 13.0.